The minimum absolute atomic E-state index is 0.182. The maximum Gasteiger partial charge on any atom is 0.156 e. The van der Waals surface area contributed by atoms with Crippen LogP contribution in [0.1, 0.15) is 42.9 Å². The summed E-state index contributed by atoms with van der Waals surface area (Å²) < 4.78 is 5.41. The van der Waals surface area contributed by atoms with Crippen molar-refractivity contribution >= 4 is 11.4 Å². The second kappa shape index (κ2) is 4.22. The first kappa shape index (κ1) is 12.5. The van der Waals surface area contributed by atoms with Crippen molar-refractivity contribution in [2.24, 2.45) is 5.41 Å². The highest BCUT2D eigenvalue weighted by Crippen LogP contribution is 2.51. The fourth-order valence-electron chi connectivity index (χ4n) is 3.54. The summed E-state index contributed by atoms with van der Waals surface area (Å²) in [5.41, 5.74) is 5.27. The largest absolute Gasteiger partial charge is 0.496 e. The van der Waals surface area contributed by atoms with E-state index >= 15 is 0 Å². The van der Waals surface area contributed by atoms with E-state index in [4.69, 9.17) is 4.74 Å². The van der Waals surface area contributed by atoms with Gasteiger partial charge in [0, 0.05) is 6.42 Å². The molecule has 0 saturated heterocycles. The quantitative estimate of drug-likeness (QED) is 0.765. The van der Waals surface area contributed by atoms with Gasteiger partial charge in [0.15, 0.2) is 5.78 Å². The van der Waals surface area contributed by atoms with E-state index in [2.05, 4.69) is 19.9 Å². The van der Waals surface area contributed by atoms with Crippen LogP contribution in [0.3, 0.4) is 0 Å². The lowest BCUT2D eigenvalue weighted by molar-refractivity contribution is -0.115. The predicted molar refractivity (Wildman–Crippen MR) is 76.4 cm³/mol. The fourth-order valence-corrected chi connectivity index (χ4v) is 3.54. The van der Waals surface area contributed by atoms with Gasteiger partial charge < -0.3 is 4.74 Å². The summed E-state index contributed by atoms with van der Waals surface area (Å²) in [5, 5.41) is 0. The summed E-state index contributed by atoms with van der Waals surface area (Å²) in [6.07, 6.45) is 5.79. The van der Waals surface area contributed by atoms with Crippen molar-refractivity contribution in [1.29, 1.82) is 0 Å². The molecule has 2 heteroatoms. The van der Waals surface area contributed by atoms with Crippen LogP contribution in [0.4, 0.5) is 0 Å². The Balaban J connectivity index is 2.20. The number of ketones is 1. The van der Waals surface area contributed by atoms with E-state index in [0.717, 1.165) is 25.0 Å². The molecule has 2 nitrogen and oxygen atoms in total. The van der Waals surface area contributed by atoms with Gasteiger partial charge in [0.1, 0.15) is 5.75 Å². The molecule has 3 rings (SSSR count). The molecule has 0 fully saturated rings. The van der Waals surface area contributed by atoms with Crippen LogP contribution in [0.2, 0.25) is 0 Å². The second-order valence-corrected chi connectivity index (χ2v) is 6.00. The van der Waals surface area contributed by atoms with E-state index in [9.17, 15) is 4.79 Å². The van der Waals surface area contributed by atoms with Gasteiger partial charge in [0.05, 0.1) is 7.11 Å². The first-order chi connectivity index (χ1) is 9.05. The van der Waals surface area contributed by atoms with Crippen LogP contribution in [0, 0.1) is 12.3 Å². The number of ether oxygens (including phenoxy) is 1. The molecule has 0 heterocycles. The number of hydrogen-bond donors (Lipinski definition) is 0. The average molecular weight is 256 g/mol. The molecule has 0 spiro atoms. The van der Waals surface area contributed by atoms with Gasteiger partial charge in [-0.2, -0.15) is 0 Å². The number of benzene rings is 1. The molecule has 1 unspecified atom stereocenters. The predicted octanol–water partition coefficient (Wildman–Crippen LogP) is 3.70. The molecule has 1 aromatic carbocycles. The van der Waals surface area contributed by atoms with Crippen molar-refractivity contribution in [3.05, 3.63) is 34.9 Å². The molecule has 2 aliphatic carbocycles. The molecule has 0 bridgehead atoms. The Bertz CT molecular complexity index is 583. The van der Waals surface area contributed by atoms with Gasteiger partial charge in [-0.3, -0.25) is 4.79 Å². The Morgan fingerprint density at radius 1 is 1.21 bits per heavy atom. The number of allylic oxidation sites excluding steroid dienone is 2. The lowest BCUT2D eigenvalue weighted by atomic mass is 9.63. The van der Waals surface area contributed by atoms with Gasteiger partial charge in [-0.15, -0.1) is 0 Å². The van der Waals surface area contributed by atoms with E-state index in [-0.39, 0.29) is 11.2 Å². The first-order valence-corrected chi connectivity index (χ1v) is 6.97. The Hall–Kier alpha value is -1.57. The maximum absolute atomic E-state index is 11.8. The van der Waals surface area contributed by atoms with Crippen LogP contribution in [-0.2, 0) is 11.2 Å². The lowest BCUT2D eigenvalue weighted by Gasteiger charge is -2.40. The third-order valence-electron chi connectivity index (χ3n) is 4.86. The standard InChI is InChI=1S/C17H20O2/c1-11-13-7-9-17(2)8-6-12(18)10-15(17)14(13)4-5-16(11)19-3/h4-5,10H,6-9H2,1-3H3. The van der Waals surface area contributed by atoms with Crippen LogP contribution < -0.4 is 4.74 Å². The topological polar surface area (TPSA) is 26.3 Å². The van der Waals surface area contributed by atoms with E-state index in [1.807, 2.05) is 12.1 Å². The van der Waals surface area contributed by atoms with Crippen molar-refractivity contribution in [2.45, 2.75) is 39.5 Å². The number of hydrogen-bond acceptors (Lipinski definition) is 2. The molecule has 0 radical (unpaired) electrons. The minimum atomic E-state index is 0.182. The number of methoxy groups -OCH3 is 1. The van der Waals surface area contributed by atoms with Crippen molar-refractivity contribution in [2.75, 3.05) is 7.11 Å². The Kier molecular flexibility index (Phi) is 2.77. The average Bonchev–Trinajstić information content (AvgIpc) is 2.40. The van der Waals surface area contributed by atoms with Crippen molar-refractivity contribution in [3.8, 4) is 5.75 Å². The number of carbonyl (C=O) groups excluding carboxylic acids is 1. The molecule has 0 aliphatic heterocycles. The van der Waals surface area contributed by atoms with Crippen molar-refractivity contribution in [1.82, 2.24) is 0 Å². The van der Waals surface area contributed by atoms with Gasteiger partial charge >= 0.3 is 0 Å². The van der Waals surface area contributed by atoms with Crippen molar-refractivity contribution in [3.63, 3.8) is 0 Å². The highest BCUT2D eigenvalue weighted by molar-refractivity contribution is 6.00. The molecule has 2 aliphatic rings. The summed E-state index contributed by atoms with van der Waals surface area (Å²) in [6, 6.07) is 4.16. The van der Waals surface area contributed by atoms with Gasteiger partial charge in [0.25, 0.3) is 0 Å². The molecule has 0 saturated carbocycles. The van der Waals surface area contributed by atoms with Crippen LogP contribution in [-0.4, -0.2) is 12.9 Å². The normalized spacial score (nSPS) is 25.4. The summed E-state index contributed by atoms with van der Waals surface area (Å²) in [5.74, 6) is 1.22. The first-order valence-electron chi connectivity index (χ1n) is 6.97. The highest BCUT2D eigenvalue weighted by atomic mass is 16.5. The highest BCUT2D eigenvalue weighted by Gasteiger charge is 2.38. The van der Waals surface area contributed by atoms with Crippen LogP contribution >= 0.6 is 0 Å². The van der Waals surface area contributed by atoms with Crippen LogP contribution in [0.15, 0.2) is 18.2 Å². The SMILES string of the molecule is COc1ccc2c(c1C)CCC1(C)CCC(=O)C=C21. The van der Waals surface area contributed by atoms with E-state index in [1.54, 1.807) is 7.11 Å². The number of rotatable bonds is 1. The Morgan fingerprint density at radius 3 is 2.68 bits per heavy atom. The number of fused-ring (bicyclic) bond motifs is 3. The molecule has 1 aromatic rings. The number of carbonyl (C=O) groups is 1. The zero-order chi connectivity index (χ0) is 13.6. The zero-order valence-electron chi connectivity index (χ0n) is 11.9. The van der Waals surface area contributed by atoms with E-state index in [1.165, 1.54) is 22.3 Å². The van der Waals surface area contributed by atoms with Gasteiger partial charge in [0.2, 0.25) is 0 Å². The smallest absolute Gasteiger partial charge is 0.156 e. The molecule has 1 atom stereocenters. The molecule has 0 aromatic heterocycles. The lowest BCUT2D eigenvalue weighted by Crippen LogP contribution is -2.29. The third-order valence-corrected chi connectivity index (χ3v) is 4.86. The minimum Gasteiger partial charge on any atom is -0.496 e. The molecular weight excluding hydrogens is 236 g/mol. The molecule has 0 N–H and O–H groups in total. The molecular formula is C17H20O2. The summed E-state index contributed by atoms with van der Waals surface area (Å²) >= 11 is 0. The van der Waals surface area contributed by atoms with Crippen molar-refractivity contribution < 1.29 is 9.53 Å². The molecule has 0 amide bonds. The summed E-state index contributed by atoms with van der Waals surface area (Å²) in [4.78, 5) is 11.8. The Morgan fingerprint density at radius 2 is 1.95 bits per heavy atom. The third kappa shape index (κ3) is 1.81. The summed E-state index contributed by atoms with van der Waals surface area (Å²) in [7, 11) is 1.71. The van der Waals surface area contributed by atoms with Gasteiger partial charge in [-0.25, -0.2) is 0 Å². The fraction of sp³-hybridized carbons (Fsp3) is 0.471. The second-order valence-electron chi connectivity index (χ2n) is 6.00. The summed E-state index contributed by atoms with van der Waals surface area (Å²) in [6.45, 7) is 4.42. The van der Waals surface area contributed by atoms with Gasteiger partial charge in [-0.1, -0.05) is 13.0 Å². The van der Waals surface area contributed by atoms with Crippen LogP contribution in [0.25, 0.3) is 5.57 Å². The monoisotopic (exact) mass is 256 g/mol. The van der Waals surface area contributed by atoms with E-state index < -0.39 is 0 Å². The Labute approximate surface area is 114 Å². The van der Waals surface area contributed by atoms with Crippen LogP contribution in [0.5, 0.6) is 5.75 Å². The zero-order valence-corrected chi connectivity index (χ0v) is 11.9. The maximum atomic E-state index is 11.8. The molecule has 100 valence electrons. The van der Waals surface area contributed by atoms with E-state index in [0.29, 0.717) is 6.42 Å². The molecule has 19 heavy (non-hydrogen) atoms. The van der Waals surface area contributed by atoms with Gasteiger partial charge in [-0.05, 0) is 66.0 Å².